The molecule has 1 fully saturated rings. The Morgan fingerprint density at radius 3 is 2.88 bits per heavy atom. The van der Waals surface area contributed by atoms with Gasteiger partial charge in [0.2, 0.25) is 0 Å². The zero-order valence-electron chi connectivity index (χ0n) is 8.85. The maximum atomic E-state index is 13.4. The standard InChI is InChI=1S/C12H14BrClFN/c13-10-1-2-12(15)9(5-10)7-16-6-8-3-11(14)4-8/h1-2,5,8,11,16H,3-4,6-7H2. The molecule has 1 aromatic rings. The zero-order chi connectivity index (χ0) is 11.5. The molecule has 0 saturated heterocycles. The smallest absolute Gasteiger partial charge is 0.127 e. The van der Waals surface area contributed by atoms with Crippen LogP contribution in [0.15, 0.2) is 22.7 Å². The van der Waals surface area contributed by atoms with E-state index in [4.69, 9.17) is 11.6 Å². The summed E-state index contributed by atoms with van der Waals surface area (Å²) in [5.74, 6) is 0.511. The lowest BCUT2D eigenvalue weighted by atomic mass is 9.85. The second-order valence-corrected chi connectivity index (χ2v) is 5.83. The molecule has 1 aliphatic carbocycles. The van der Waals surface area contributed by atoms with Crippen LogP contribution in [0, 0.1) is 11.7 Å². The molecular weight excluding hydrogens is 292 g/mol. The third-order valence-corrected chi connectivity index (χ3v) is 3.78. The molecule has 0 atom stereocenters. The molecule has 1 aliphatic rings. The molecule has 4 heteroatoms. The van der Waals surface area contributed by atoms with Crippen molar-refractivity contribution in [2.24, 2.45) is 5.92 Å². The molecule has 1 nitrogen and oxygen atoms in total. The molecule has 0 spiro atoms. The second-order valence-electron chi connectivity index (χ2n) is 4.30. The number of nitrogens with one attached hydrogen (secondary N) is 1. The van der Waals surface area contributed by atoms with Crippen molar-refractivity contribution in [1.82, 2.24) is 5.32 Å². The Balaban J connectivity index is 1.78. The van der Waals surface area contributed by atoms with Crippen LogP contribution in [-0.2, 0) is 6.54 Å². The summed E-state index contributed by atoms with van der Waals surface area (Å²) in [7, 11) is 0. The van der Waals surface area contributed by atoms with Crippen molar-refractivity contribution >= 4 is 27.5 Å². The summed E-state index contributed by atoms with van der Waals surface area (Å²) in [6.45, 7) is 1.50. The first-order valence-electron chi connectivity index (χ1n) is 5.44. The van der Waals surface area contributed by atoms with Gasteiger partial charge in [0.05, 0.1) is 0 Å². The van der Waals surface area contributed by atoms with Gasteiger partial charge in [-0.1, -0.05) is 15.9 Å². The molecule has 1 N–H and O–H groups in total. The van der Waals surface area contributed by atoms with Gasteiger partial charge in [0.15, 0.2) is 0 Å². The Kier molecular flexibility index (Phi) is 4.22. The van der Waals surface area contributed by atoms with Crippen LogP contribution in [0.25, 0.3) is 0 Å². The van der Waals surface area contributed by atoms with Crippen LogP contribution in [0.1, 0.15) is 18.4 Å². The van der Waals surface area contributed by atoms with Gasteiger partial charge in [-0.2, -0.15) is 0 Å². The van der Waals surface area contributed by atoms with Crippen LogP contribution in [0.2, 0.25) is 0 Å². The van der Waals surface area contributed by atoms with Crippen molar-refractivity contribution in [2.45, 2.75) is 24.8 Å². The summed E-state index contributed by atoms with van der Waals surface area (Å²) in [5, 5.41) is 3.63. The second kappa shape index (κ2) is 5.48. The molecule has 2 rings (SSSR count). The lowest BCUT2D eigenvalue weighted by Gasteiger charge is -2.31. The molecule has 0 bridgehead atoms. The first-order valence-corrected chi connectivity index (χ1v) is 6.67. The summed E-state index contributed by atoms with van der Waals surface area (Å²) >= 11 is 9.23. The Labute approximate surface area is 109 Å². The molecule has 0 aliphatic heterocycles. The van der Waals surface area contributed by atoms with Crippen LogP contribution in [0.3, 0.4) is 0 Å². The first kappa shape index (κ1) is 12.3. The van der Waals surface area contributed by atoms with Crippen molar-refractivity contribution in [1.29, 1.82) is 0 Å². The predicted molar refractivity (Wildman–Crippen MR) is 68.2 cm³/mol. The van der Waals surface area contributed by atoms with E-state index < -0.39 is 0 Å². The Bertz CT molecular complexity index is 366. The predicted octanol–water partition coefficient (Wildman–Crippen LogP) is 3.70. The molecule has 1 saturated carbocycles. The van der Waals surface area contributed by atoms with Crippen LogP contribution < -0.4 is 5.32 Å². The van der Waals surface area contributed by atoms with Gasteiger partial charge in [0, 0.05) is 22.0 Å². The van der Waals surface area contributed by atoms with Crippen LogP contribution >= 0.6 is 27.5 Å². The SMILES string of the molecule is Fc1ccc(Br)cc1CNCC1CC(Cl)C1. The van der Waals surface area contributed by atoms with Crippen LogP contribution in [0.4, 0.5) is 4.39 Å². The van der Waals surface area contributed by atoms with E-state index in [0.717, 1.165) is 23.9 Å². The summed E-state index contributed by atoms with van der Waals surface area (Å²) in [6, 6.07) is 5.01. The molecule has 16 heavy (non-hydrogen) atoms. The van der Waals surface area contributed by atoms with Crippen molar-refractivity contribution in [3.63, 3.8) is 0 Å². The Morgan fingerprint density at radius 2 is 2.19 bits per heavy atom. The third-order valence-electron chi connectivity index (χ3n) is 2.93. The third kappa shape index (κ3) is 3.19. The summed E-state index contributed by atoms with van der Waals surface area (Å²) < 4.78 is 14.3. The summed E-state index contributed by atoms with van der Waals surface area (Å²) in [6.07, 6.45) is 2.16. The first-order chi connectivity index (χ1) is 7.65. The molecule has 1 aromatic carbocycles. The highest BCUT2D eigenvalue weighted by molar-refractivity contribution is 9.10. The lowest BCUT2D eigenvalue weighted by Crippen LogP contribution is -2.33. The van der Waals surface area contributed by atoms with Gasteiger partial charge in [-0.25, -0.2) is 4.39 Å². The fraction of sp³-hybridized carbons (Fsp3) is 0.500. The molecule has 0 heterocycles. The van der Waals surface area contributed by atoms with Crippen LogP contribution in [-0.4, -0.2) is 11.9 Å². The molecular formula is C12H14BrClFN. The molecule has 88 valence electrons. The molecule has 0 unspecified atom stereocenters. The fourth-order valence-corrected chi connectivity index (χ4v) is 2.82. The van der Waals surface area contributed by atoms with Crippen molar-refractivity contribution in [3.8, 4) is 0 Å². The average molecular weight is 307 g/mol. The number of hydrogen-bond acceptors (Lipinski definition) is 1. The minimum Gasteiger partial charge on any atom is -0.312 e. The molecule has 0 aromatic heterocycles. The lowest BCUT2D eigenvalue weighted by molar-refractivity contribution is 0.308. The van der Waals surface area contributed by atoms with Crippen molar-refractivity contribution in [2.75, 3.05) is 6.54 Å². The largest absolute Gasteiger partial charge is 0.312 e. The maximum Gasteiger partial charge on any atom is 0.127 e. The summed E-state index contributed by atoms with van der Waals surface area (Å²) in [5.41, 5.74) is 0.705. The van der Waals surface area contributed by atoms with Crippen molar-refractivity contribution < 1.29 is 4.39 Å². The van der Waals surface area contributed by atoms with E-state index in [1.54, 1.807) is 6.07 Å². The van der Waals surface area contributed by atoms with E-state index in [1.807, 2.05) is 6.07 Å². The fourth-order valence-electron chi connectivity index (χ4n) is 1.91. The monoisotopic (exact) mass is 305 g/mol. The van der Waals surface area contributed by atoms with Gasteiger partial charge in [-0.3, -0.25) is 0 Å². The quantitative estimate of drug-likeness (QED) is 0.837. The maximum absolute atomic E-state index is 13.4. The molecule has 0 radical (unpaired) electrons. The molecule has 0 amide bonds. The Morgan fingerprint density at radius 1 is 1.44 bits per heavy atom. The van der Waals surface area contributed by atoms with Crippen molar-refractivity contribution in [3.05, 3.63) is 34.1 Å². The highest BCUT2D eigenvalue weighted by atomic mass is 79.9. The van der Waals surface area contributed by atoms with E-state index in [9.17, 15) is 4.39 Å². The van der Waals surface area contributed by atoms with E-state index >= 15 is 0 Å². The average Bonchev–Trinajstić information content (AvgIpc) is 2.20. The van der Waals surface area contributed by atoms with Gasteiger partial charge in [-0.15, -0.1) is 11.6 Å². The highest BCUT2D eigenvalue weighted by Gasteiger charge is 2.26. The van der Waals surface area contributed by atoms with Gasteiger partial charge < -0.3 is 5.32 Å². The van der Waals surface area contributed by atoms with E-state index in [0.29, 0.717) is 23.4 Å². The number of hydrogen-bond donors (Lipinski definition) is 1. The van der Waals surface area contributed by atoms with Gasteiger partial charge >= 0.3 is 0 Å². The van der Waals surface area contributed by atoms with Gasteiger partial charge in [0.1, 0.15) is 5.82 Å². The highest BCUT2D eigenvalue weighted by Crippen LogP contribution is 2.31. The Hall–Kier alpha value is -0.120. The minimum atomic E-state index is -0.153. The minimum absolute atomic E-state index is 0.153. The van der Waals surface area contributed by atoms with E-state index in [-0.39, 0.29) is 5.82 Å². The normalized spacial score (nSPS) is 24.2. The van der Waals surface area contributed by atoms with Crippen LogP contribution in [0.5, 0.6) is 0 Å². The number of halogens is 3. The topological polar surface area (TPSA) is 12.0 Å². The zero-order valence-corrected chi connectivity index (χ0v) is 11.2. The van der Waals surface area contributed by atoms with E-state index in [2.05, 4.69) is 21.2 Å². The van der Waals surface area contributed by atoms with E-state index in [1.165, 1.54) is 6.07 Å². The van der Waals surface area contributed by atoms with Gasteiger partial charge in [-0.05, 0) is 43.5 Å². The summed E-state index contributed by atoms with van der Waals surface area (Å²) in [4.78, 5) is 0. The van der Waals surface area contributed by atoms with Gasteiger partial charge in [0.25, 0.3) is 0 Å². The number of alkyl halides is 1. The number of benzene rings is 1. The number of rotatable bonds is 4.